The molecule has 0 aliphatic rings. The van der Waals surface area contributed by atoms with Crippen molar-refractivity contribution in [1.29, 1.82) is 0 Å². The van der Waals surface area contributed by atoms with Gasteiger partial charge in [0.2, 0.25) is 5.91 Å². The number of nitrogens with zero attached hydrogens (tertiary/aromatic N) is 2. The molecule has 0 saturated heterocycles. The smallest absolute Gasteiger partial charge is 0.308 e. The monoisotopic (exact) mass is 250 g/mol. The molecule has 0 aliphatic carbocycles. The van der Waals surface area contributed by atoms with Gasteiger partial charge >= 0.3 is 5.97 Å². The second kappa shape index (κ2) is 6.74. The van der Waals surface area contributed by atoms with E-state index in [1.807, 2.05) is 12.1 Å². The maximum atomic E-state index is 11.8. The Labute approximate surface area is 106 Å². The number of aromatic nitrogens is 1. The minimum Gasteiger partial charge on any atom is -0.481 e. The lowest BCUT2D eigenvalue weighted by Crippen LogP contribution is -2.36. The van der Waals surface area contributed by atoms with Crippen LogP contribution in [0.25, 0.3) is 0 Å². The average molecular weight is 250 g/mol. The zero-order chi connectivity index (χ0) is 13.5. The Bertz CT molecular complexity index is 406. The highest BCUT2D eigenvalue weighted by atomic mass is 16.4. The molecular formula is C13H18N2O3. The fourth-order valence-electron chi connectivity index (χ4n) is 1.57. The molecule has 18 heavy (non-hydrogen) atoms. The number of aliphatic carboxylic acids is 1. The molecule has 0 bridgehead atoms. The predicted molar refractivity (Wildman–Crippen MR) is 66.7 cm³/mol. The molecule has 1 aromatic rings. The van der Waals surface area contributed by atoms with Gasteiger partial charge in [-0.2, -0.15) is 0 Å². The Morgan fingerprint density at radius 1 is 1.44 bits per heavy atom. The molecule has 98 valence electrons. The maximum absolute atomic E-state index is 11.8. The summed E-state index contributed by atoms with van der Waals surface area (Å²) in [5.74, 6) is -1.54. The van der Waals surface area contributed by atoms with Crippen molar-refractivity contribution in [3.63, 3.8) is 0 Å². The molecule has 0 fully saturated rings. The Kier molecular flexibility index (Phi) is 5.30. The van der Waals surface area contributed by atoms with Crippen molar-refractivity contribution in [2.24, 2.45) is 5.92 Å². The number of carbonyl (C=O) groups excluding carboxylic acids is 1. The van der Waals surface area contributed by atoms with Gasteiger partial charge in [0.15, 0.2) is 0 Å². The molecule has 0 aliphatic heterocycles. The van der Waals surface area contributed by atoms with Gasteiger partial charge in [0.05, 0.1) is 18.2 Å². The van der Waals surface area contributed by atoms with Crippen molar-refractivity contribution in [2.45, 2.75) is 26.8 Å². The number of rotatable bonds is 6. The van der Waals surface area contributed by atoms with Crippen molar-refractivity contribution in [3.8, 4) is 0 Å². The molecule has 5 nitrogen and oxygen atoms in total. The van der Waals surface area contributed by atoms with E-state index in [0.29, 0.717) is 13.0 Å². The molecule has 0 saturated carbocycles. The van der Waals surface area contributed by atoms with Gasteiger partial charge in [0, 0.05) is 19.2 Å². The summed E-state index contributed by atoms with van der Waals surface area (Å²) in [5, 5.41) is 8.90. The zero-order valence-corrected chi connectivity index (χ0v) is 10.7. The molecule has 1 rings (SSSR count). The lowest BCUT2D eigenvalue weighted by Gasteiger charge is -2.23. The van der Waals surface area contributed by atoms with Crippen LogP contribution in [0, 0.1) is 5.92 Å². The third kappa shape index (κ3) is 4.16. The molecular weight excluding hydrogens is 232 g/mol. The highest BCUT2D eigenvalue weighted by Gasteiger charge is 2.19. The van der Waals surface area contributed by atoms with Gasteiger partial charge in [0.1, 0.15) is 0 Å². The number of carboxylic acids is 1. The van der Waals surface area contributed by atoms with E-state index in [1.54, 1.807) is 31.0 Å². The number of hydrogen-bond donors (Lipinski definition) is 1. The van der Waals surface area contributed by atoms with Crippen LogP contribution in [-0.2, 0) is 16.1 Å². The third-order valence-corrected chi connectivity index (χ3v) is 2.65. The topological polar surface area (TPSA) is 70.5 Å². The normalized spacial score (nSPS) is 11.9. The molecule has 1 unspecified atom stereocenters. The number of amides is 1. The lowest BCUT2D eigenvalue weighted by atomic mass is 10.1. The molecule has 0 spiro atoms. The first-order valence-electron chi connectivity index (χ1n) is 5.95. The van der Waals surface area contributed by atoms with Crippen LogP contribution in [0.4, 0.5) is 0 Å². The van der Waals surface area contributed by atoms with Crippen molar-refractivity contribution in [1.82, 2.24) is 9.88 Å². The average Bonchev–Trinajstić information content (AvgIpc) is 2.38. The minimum absolute atomic E-state index is 0.0613. The number of carbonyl (C=O) groups is 2. The molecule has 5 heteroatoms. The largest absolute Gasteiger partial charge is 0.481 e. The van der Waals surface area contributed by atoms with Gasteiger partial charge in [-0.25, -0.2) is 0 Å². The van der Waals surface area contributed by atoms with E-state index in [0.717, 1.165) is 5.69 Å². The summed E-state index contributed by atoms with van der Waals surface area (Å²) in [5.41, 5.74) is 0.761. The molecule has 0 radical (unpaired) electrons. The summed E-state index contributed by atoms with van der Waals surface area (Å²) < 4.78 is 0. The second-order valence-corrected chi connectivity index (χ2v) is 4.19. The van der Waals surface area contributed by atoms with Crippen LogP contribution in [0.1, 0.15) is 26.0 Å². The van der Waals surface area contributed by atoms with Crippen molar-refractivity contribution in [3.05, 3.63) is 30.1 Å². The zero-order valence-electron chi connectivity index (χ0n) is 10.7. The van der Waals surface area contributed by atoms with Crippen LogP contribution in [0.5, 0.6) is 0 Å². The Balaban J connectivity index is 2.73. The van der Waals surface area contributed by atoms with Crippen LogP contribution >= 0.6 is 0 Å². The Morgan fingerprint density at radius 3 is 2.67 bits per heavy atom. The van der Waals surface area contributed by atoms with E-state index in [-0.39, 0.29) is 12.5 Å². The van der Waals surface area contributed by atoms with Crippen molar-refractivity contribution >= 4 is 11.9 Å². The Morgan fingerprint density at radius 2 is 2.17 bits per heavy atom. The standard InChI is InChI=1S/C13H18N2O3/c1-3-12(16)15(8-10(2)13(17)18)9-11-6-4-5-7-14-11/h4-7,10H,3,8-9H2,1-2H3,(H,17,18). The number of pyridine rings is 1. The summed E-state index contributed by atoms with van der Waals surface area (Å²) in [7, 11) is 0. The summed E-state index contributed by atoms with van der Waals surface area (Å²) in [6.07, 6.45) is 2.02. The van der Waals surface area contributed by atoms with Gasteiger partial charge in [-0.3, -0.25) is 14.6 Å². The molecule has 0 aromatic carbocycles. The van der Waals surface area contributed by atoms with Gasteiger partial charge in [-0.1, -0.05) is 19.9 Å². The molecule has 1 N–H and O–H groups in total. The Hall–Kier alpha value is -1.91. The first-order valence-corrected chi connectivity index (χ1v) is 5.95. The van der Waals surface area contributed by atoms with Gasteiger partial charge < -0.3 is 10.0 Å². The van der Waals surface area contributed by atoms with Gasteiger partial charge in [0.25, 0.3) is 0 Å². The highest BCUT2D eigenvalue weighted by Crippen LogP contribution is 2.07. The van der Waals surface area contributed by atoms with E-state index in [1.165, 1.54) is 0 Å². The first-order chi connectivity index (χ1) is 8.54. The number of carboxylic acid groups (broad SMARTS) is 1. The quantitative estimate of drug-likeness (QED) is 0.831. The van der Waals surface area contributed by atoms with Crippen LogP contribution in [-0.4, -0.2) is 33.4 Å². The van der Waals surface area contributed by atoms with E-state index < -0.39 is 11.9 Å². The summed E-state index contributed by atoms with van der Waals surface area (Å²) in [6.45, 7) is 3.92. The summed E-state index contributed by atoms with van der Waals surface area (Å²) in [4.78, 5) is 28.3. The van der Waals surface area contributed by atoms with E-state index in [9.17, 15) is 9.59 Å². The van der Waals surface area contributed by atoms with Gasteiger partial charge in [-0.05, 0) is 12.1 Å². The van der Waals surface area contributed by atoms with Crippen LogP contribution in [0.3, 0.4) is 0 Å². The van der Waals surface area contributed by atoms with Crippen molar-refractivity contribution < 1.29 is 14.7 Å². The van der Waals surface area contributed by atoms with Gasteiger partial charge in [-0.15, -0.1) is 0 Å². The summed E-state index contributed by atoms with van der Waals surface area (Å²) >= 11 is 0. The fourth-order valence-corrected chi connectivity index (χ4v) is 1.57. The van der Waals surface area contributed by atoms with E-state index in [4.69, 9.17) is 5.11 Å². The summed E-state index contributed by atoms with van der Waals surface area (Å²) in [6, 6.07) is 5.47. The minimum atomic E-state index is -0.898. The van der Waals surface area contributed by atoms with Crippen LogP contribution in [0.15, 0.2) is 24.4 Å². The number of hydrogen-bond acceptors (Lipinski definition) is 3. The first kappa shape index (κ1) is 14.2. The molecule has 1 aromatic heterocycles. The SMILES string of the molecule is CCC(=O)N(Cc1ccccn1)CC(C)C(=O)O. The third-order valence-electron chi connectivity index (χ3n) is 2.65. The van der Waals surface area contributed by atoms with Crippen LogP contribution in [0.2, 0.25) is 0 Å². The highest BCUT2D eigenvalue weighted by molar-refractivity contribution is 5.77. The van der Waals surface area contributed by atoms with Crippen LogP contribution < -0.4 is 0 Å². The lowest BCUT2D eigenvalue weighted by molar-refractivity contribution is -0.143. The maximum Gasteiger partial charge on any atom is 0.308 e. The fraction of sp³-hybridized carbons (Fsp3) is 0.462. The molecule has 1 amide bonds. The van der Waals surface area contributed by atoms with Crippen molar-refractivity contribution in [2.75, 3.05) is 6.54 Å². The second-order valence-electron chi connectivity index (χ2n) is 4.19. The molecule has 1 heterocycles. The van der Waals surface area contributed by atoms with E-state index >= 15 is 0 Å². The molecule has 1 atom stereocenters. The van der Waals surface area contributed by atoms with E-state index in [2.05, 4.69) is 4.98 Å². The predicted octanol–water partition coefficient (Wildman–Crippen LogP) is 1.54.